The summed E-state index contributed by atoms with van der Waals surface area (Å²) in [6.45, 7) is 4.70. The first kappa shape index (κ1) is 16.7. The van der Waals surface area contributed by atoms with Crippen molar-refractivity contribution in [2.45, 2.75) is 32.2 Å². The SMILES string of the molecule is CC1CN(C)CCCN1S(=O)(=O)N1CCC(C(=O)O)CC1. The van der Waals surface area contributed by atoms with Crippen LogP contribution in [-0.2, 0) is 15.0 Å². The summed E-state index contributed by atoms with van der Waals surface area (Å²) >= 11 is 0. The predicted molar refractivity (Wildman–Crippen MR) is 79.1 cm³/mol. The van der Waals surface area contributed by atoms with Crippen molar-refractivity contribution in [1.29, 1.82) is 0 Å². The molecular weight excluding hydrogens is 294 g/mol. The van der Waals surface area contributed by atoms with E-state index in [1.54, 1.807) is 4.31 Å². The van der Waals surface area contributed by atoms with Gasteiger partial charge in [-0.05, 0) is 39.8 Å². The van der Waals surface area contributed by atoms with Crippen LogP contribution in [0.1, 0.15) is 26.2 Å². The maximum atomic E-state index is 12.8. The second kappa shape index (κ2) is 6.60. The van der Waals surface area contributed by atoms with E-state index in [-0.39, 0.29) is 6.04 Å². The summed E-state index contributed by atoms with van der Waals surface area (Å²) in [4.78, 5) is 13.1. The molecule has 0 amide bonds. The minimum absolute atomic E-state index is 0.0558. The molecule has 0 spiro atoms. The zero-order chi connectivity index (χ0) is 15.6. The van der Waals surface area contributed by atoms with E-state index in [2.05, 4.69) is 4.90 Å². The van der Waals surface area contributed by atoms with Gasteiger partial charge in [-0.1, -0.05) is 0 Å². The fraction of sp³-hybridized carbons (Fsp3) is 0.923. The van der Waals surface area contributed by atoms with Crippen LogP contribution in [0.2, 0.25) is 0 Å². The van der Waals surface area contributed by atoms with Crippen LogP contribution in [0.5, 0.6) is 0 Å². The molecule has 7 nitrogen and oxygen atoms in total. The van der Waals surface area contributed by atoms with Gasteiger partial charge in [0, 0.05) is 32.2 Å². The normalized spacial score (nSPS) is 28.4. The summed E-state index contributed by atoms with van der Waals surface area (Å²) in [5, 5.41) is 9.00. The number of rotatable bonds is 3. The molecule has 0 aliphatic carbocycles. The lowest BCUT2D eigenvalue weighted by Gasteiger charge is -2.35. The molecule has 0 aromatic heterocycles. The van der Waals surface area contributed by atoms with E-state index in [0.717, 1.165) is 19.5 Å². The van der Waals surface area contributed by atoms with Crippen molar-refractivity contribution in [3.8, 4) is 0 Å². The van der Waals surface area contributed by atoms with Gasteiger partial charge in [-0.15, -0.1) is 0 Å². The highest BCUT2D eigenvalue weighted by atomic mass is 32.2. The predicted octanol–water partition coefficient (Wildman–Crippen LogP) is 0.0538. The quantitative estimate of drug-likeness (QED) is 0.795. The third-order valence-electron chi connectivity index (χ3n) is 4.41. The van der Waals surface area contributed by atoms with E-state index in [1.807, 2.05) is 14.0 Å². The lowest BCUT2D eigenvalue weighted by atomic mass is 9.99. The molecule has 2 saturated heterocycles. The van der Waals surface area contributed by atoms with Gasteiger partial charge in [0.25, 0.3) is 10.2 Å². The van der Waals surface area contributed by atoms with Crippen molar-refractivity contribution in [3.05, 3.63) is 0 Å². The Hall–Kier alpha value is -0.700. The maximum absolute atomic E-state index is 12.8. The number of aliphatic carboxylic acids is 1. The third kappa shape index (κ3) is 3.74. The zero-order valence-electron chi connectivity index (χ0n) is 12.7. The molecule has 2 rings (SSSR count). The van der Waals surface area contributed by atoms with Crippen LogP contribution in [0.25, 0.3) is 0 Å². The van der Waals surface area contributed by atoms with Crippen molar-refractivity contribution in [3.63, 3.8) is 0 Å². The lowest BCUT2D eigenvalue weighted by molar-refractivity contribution is -0.142. The minimum Gasteiger partial charge on any atom is -0.481 e. The number of nitrogens with zero attached hydrogens (tertiary/aromatic N) is 3. The molecule has 0 radical (unpaired) electrons. The zero-order valence-corrected chi connectivity index (χ0v) is 13.5. The highest BCUT2D eigenvalue weighted by Crippen LogP contribution is 2.23. The van der Waals surface area contributed by atoms with E-state index in [1.165, 1.54) is 4.31 Å². The van der Waals surface area contributed by atoms with Crippen molar-refractivity contribution in [1.82, 2.24) is 13.5 Å². The first-order chi connectivity index (χ1) is 9.82. The van der Waals surface area contributed by atoms with Crippen LogP contribution >= 0.6 is 0 Å². The van der Waals surface area contributed by atoms with Crippen molar-refractivity contribution >= 4 is 16.2 Å². The third-order valence-corrected chi connectivity index (χ3v) is 6.56. The topological polar surface area (TPSA) is 81.2 Å². The molecule has 0 bridgehead atoms. The molecule has 2 aliphatic heterocycles. The molecule has 0 aromatic rings. The fourth-order valence-corrected chi connectivity index (χ4v) is 5.02. The van der Waals surface area contributed by atoms with Crippen LogP contribution in [0, 0.1) is 5.92 Å². The van der Waals surface area contributed by atoms with E-state index in [4.69, 9.17) is 5.11 Å². The lowest BCUT2D eigenvalue weighted by Crippen LogP contribution is -2.51. The number of carboxylic acids is 1. The highest BCUT2D eigenvalue weighted by molar-refractivity contribution is 7.86. The van der Waals surface area contributed by atoms with Crippen LogP contribution in [0.15, 0.2) is 0 Å². The summed E-state index contributed by atoms with van der Waals surface area (Å²) in [5.74, 6) is -1.24. The summed E-state index contributed by atoms with van der Waals surface area (Å²) in [6, 6.07) is -0.0558. The number of piperidine rings is 1. The standard InChI is InChI=1S/C13H25N3O4S/c1-11-10-14(2)6-3-7-16(11)21(19,20)15-8-4-12(5-9-15)13(17)18/h11-12H,3-10H2,1-2H3,(H,17,18). The second-order valence-corrected chi connectivity index (χ2v) is 7.98. The Labute approximate surface area is 126 Å². The summed E-state index contributed by atoms with van der Waals surface area (Å²) in [6.07, 6.45) is 1.62. The number of hydrogen-bond acceptors (Lipinski definition) is 4. The molecule has 1 unspecified atom stereocenters. The molecule has 21 heavy (non-hydrogen) atoms. The molecule has 8 heteroatoms. The first-order valence-corrected chi connectivity index (χ1v) is 8.90. The van der Waals surface area contributed by atoms with Gasteiger partial charge in [0.1, 0.15) is 0 Å². The van der Waals surface area contributed by atoms with Gasteiger partial charge in [-0.3, -0.25) is 4.79 Å². The Balaban J connectivity index is 2.06. The Kier molecular flexibility index (Phi) is 5.24. The van der Waals surface area contributed by atoms with E-state index in [0.29, 0.717) is 32.5 Å². The van der Waals surface area contributed by atoms with Gasteiger partial charge in [-0.2, -0.15) is 17.0 Å². The largest absolute Gasteiger partial charge is 0.481 e. The van der Waals surface area contributed by atoms with E-state index >= 15 is 0 Å². The van der Waals surface area contributed by atoms with E-state index < -0.39 is 22.1 Å². The molecule has 2 heterocycles. The van der Waals surface area contributed by atoms with Gasteiger partial charge in [0.2, 0.25) is 0 Å². The average molecular weight is 319 g/mol. The van der Waals surface area contributed by atoms with Crippen molar-refractivity contribution in [2.24, 2.45) is 5.92 Å². The first-order valence-electron chi connectivity index (χ1n) is 7.50. The van der Waals surface area contributed by atoms with Crippen LogP contribution in [0.4, 0.5) is 0 Å². The second-order valence-electron chi connectivity index (χ2n) is 6.09. The van der Waals surface area contributed by atoms with E-state index in [9.17, 15) is 13.2 Å². The monoisotopic (exact) mass is 319 g/mol. The van der Waals surface area contributed by atoms with Gasteiger partial charge in [-0.25, -0.2) is 0 Å². The van der Waals surface area contributed by atoms with Crippen LogP contribution in [-0.4, -0.2) is 78.8 Å². The molecule has 0 saturated carbocycles. The summed E-state index contributed by atoms with van der Waals surface area (Å²) in [7, 11) is -1.48. The number of likely N-dealkylation sites (N-methyl/N-ethyl adjacent to an activating group) is 1. The molecule has 2 aliphatic rings. The number of hydrogen-bond donors (Lipinski definition) is 1. The molecule has 2 fully saturated rings. The van der Waals surface area contributed by atoms with Crippen LogP contribution < -0.4 is 0 Å². The highest BCUT2D eigenvalue weighted by Gasteiger charge is 2.37. The Morgan fingerprint density at radius 1 is 1.14 bits per heavy atom. The van der Waals surface area contributed by atoms with Crippen molar-refractivity contribution in [2.75, 3.05) is 39.8 Å². The minimum atomic E-state index is -3.48. The molecule has 0 aromatic carbocycles. The molecule has 1 atom stereocenters. The Morgan fingerprint density at radius 2 is 1.76 bits per heavy atom. The molecule has 122 valence electrons. The average Bonchev–Trinajstić information content (AvgIpc) is 2.59. The Bertz CT molecular complexity index is 474. The summed E-state index contributed by atoms with van der Waals surface area (Å²) < 4.78 is 28.6. The van der Waals surface area contributed by atoms with Crippen molar-refractivity contribution < 1.29 is 18.3 Å². The maximum Gasteiger partial charge on any atom is 0.306 e. The summed E-state index contributed by atoms with van der Waals surface area (Å²) in [5.41, 5.74) is 0. The smallest absolute Gasteiger partial charge is 0.306 e. The van der Waals surface area contributed by atoms with Gasteiger partial charge in [0.15, 0.2) is 0 Å². The molecule has 1 N–H and O–H groups in total. The van der Waals surface area contributed by atoms with Gasteiger partial charge in [0.05, 0.1) is 5.92 Å². The fourth-order valence-electron chi connectivity index (χ4n) is 3.17. The van der Waals surface area contributed by atoms with Gasteiger partial charge < -0.3 is 10.0 Å². The van der Waals surface area contributed by atoms with Gasteiger partial charge >= 0.3 is 5.97 Å². The molecular formula is C13H25N3O4S. The van der Waals surface area contributed by atoms with Crippen LogP contribution in [0.3, 0.4) is 0 Å². The Morgan fingerprint density at radius 3 is 2.33 bits per heavy atom. The number of carboxylic acid groups (broad SMARTS) is 1. The number of carbonyl (C=O) groups is 1.